The van der Waals surface area contributed by atoms with E-state index in [4.69, 9.17) is 0 Å². The highest BCUT2D eigenvalue weighted by Crippen LogP contribution is 2.29. The summed E-state index contributed by atoms with van der Waals surface area (Å²) in [6.07, 6.45) is 5.27. The van der Waals surface area contributed by atoms with Gasteiger partial charge in [0.1, 0.15) is 0 Å². The summed E-state index contributed by atoms with van der Waals surface area (Å²) in [5.74, 6) is 0. The first-order valence-electron chi connectivity index (χ1n) is 7.74. The zero-order valence-electron chi connectivity index (χ0n) is 12.6. The molecule has 0 saturated carbocycles. The van der Waals surface area contributed by atoms with Crippen LogP contribution in [0.15, 0.2) is 28.7 Å². The van der Waals surface area contributed by atoms with Crippen molar-refractivity contribution >= 4 is 15.9 Å². The van der Waals surface area contributed by atoms with Crippen molar-refractivity contribution in [2.75, 3.05) is 13.1 Å². The third kappa shape index (κ3) is 3.63. The zero-order valence-corrected chi connectivity index (χ0v) is 14.2. The van der Waals surface area contributed by atoms with E-state index >= 15 is 0 Å². The van der Waals surface area contributed by atoms with Crippen LogP contribution in [0.1, 0.15) is 45.1 Å². The van der Waals surface area contributed by atoms with Gasteiger partial charge < -0.3 is 5.11 Å². The maximum Gasteiger partial charge on any atom is 0.0761 e. The molecule has 1 aromatic rings. The van der Waals surface area contributed by atoms with E-state index in [2.05, 4.69) is 46.8 Å². The minimum absolute atomic E-state index is 0.104. The summed E-state index contributed by atoms with van der Waals surface area (Å²) in [6.45, 7) is 6.67. The summed E-state index contributed by atoms with van der Waals surface area (Å²) in [4.78, 5) is 2.50. The number of aliphatic hydroxyl groups excluding tert-OH is 1. The molecular formula is C17H26BrNO. The highest BCUT2D eigenvalue weighted by molar-refractivity contribution is 9.10. The Labute approximate surface area is 131 Å². The molecule has 1 saturated heterocycles. The van der Waals surface area contributed by atoms with E-state index in [0.717, 1.165) is 30.4 Å². The zero-order chi connectivity index (χ0) is 14.6. The predicted molar refractivity (Wildman–Crippen MR) is 88.0 cm³/mol. The van der Waals surface area contributed by atoms with Crippen LogP contribution >= 0.6 is 15.9 Å². The normalized spacial score (nSPS) is 21.4. The van der Waals surface area contributed by atoms with Crippen molar-refractivity contribution in [2.24, 2.45) is 0 Å². The lowest BCUT2D eigenvalue weighted by molar-refractivity contribution is -0.0328. The number of hydrogen-bond donors (Lipinski definition) is 1. The number of aliphatic hydroxyl groups is 1. The molecule has 1 heterocycles. The Morgan fingerprint density at radius 1 is 1.20 bits per heavy atom. The van der Waals surface area contributed by atoms with Crippen molar-refractivity contribution in [1.82, 2.24) is 4.90 Å². The molecule has 1 fully saturated rings. The van der Waals surface area contributed by atoms with Gasteiger partial charge in [0.05, 0.1) is 6.10 Å². The van der Waals surface area contributed by atoms with Gasteiger partial charge in [-0.25, -0.2) is 0 Å². The SMILES string of the molecule is CCC(C)(C(O)Cc1ccc(Br)cc1)N1CCCCC1. The van der Waals surface area contributed by atoms with Crippen LogP contribution in [0.4, 0.5) is 0 Å². The Bertz CT molecular complexity index is 414. The highest BCUT2D eigenvalue weighted by atomic mass is 79.9. The molecule has 1 aliphatic rings. The molecule has 2 nitrogen and oxygen atoms in total. The van der Waals surface area contributed by atoms with Crippen molar-refractivity contribution in [1.29, 1.82) is 0 Å². The molecule has 0 bridgehead atoms. The van der Waals surface area contributed by atoms with Crippen LogP contribution in [-0.2, 0) is 6.42 Å². The van der Waals surface area contributed by atoms with Gasteiger partial charge in [-0.3, -0.25) is 4.90 Å². The Hall–Kier alpha value is -0.380. The minimum Gasteiger partial charge on any atom is -0.391 e. The van der Waals surface area contributed by atoms with E-state index in [-0.39, 0.29) is 11.6 Å². The molecule has 1 N–H and O–H groups in total. The molecule has 0 radical (unpaired) electrons. The lowest BCUT2D eigenvalue weighted by Crippen LogP contribution is -2.56. The van der Waals surface area contributed by atoms with Gasteiger partial charge in [0.15, 0.2) is 0 Å². The van der Waals surface area contributed by atoms with Gasteiger partial charge in [0.25, 0.3) is 0 Å². The number of hydrogen-bond acceptors (Lipinski definition) is 2. The largest absolute Gasteiger partial charge is 0.391 e. The lowest BCUT2D eigenvalue weighted by Gasteiger charge is -2.46. The fourth-order valence-corrected chi connectivity index (χ4v) is 3.40. The molecule has 3 heteroatoms. The van der Waals surface area contributed by atoms with Crippen LogP contribution in [0.5, 0.6) is 0 Å². The van der Waals surface area contributed by atoms with Crippen LogP contribution in [0.25, 0.3) is 0 Å². The minimum atomic E-state index is -0.313. The smallest absolute Gasteiger partial charge is 0.0761 e. The Kier molecular flexibility index (Phi) is 5.65. The molecule has 0 spiro atoms. The summed E-state index contributed by atoms with van der Waals surface area (Å²) in [6, 6.07) is 8.29. The number of nitrogens with zero attached hydrogens (tertiary/aromatic N) is 1. The molecular weight excluding hydrogens is 314 g/mol. The average Bonchev–Trinajstić information content (AvgIpc) is 2.49. The van der Waals surface area contributed by atoms with Crippen LogP contribution in [0.3, 0.4) is 0 Å². The fourth-order valence-electron chi connectivity index (χ4n) is 3.14. The van der Waals surface area contributed by atoms with E-state index in [9.17, 15) is 5.11 Å². The lowest BCUT2D eigenvalue weighted by atomic mass is 9.84. The first-order valence-corrected chi connectivity index (χ1v) is 8.53. The number of likely N-dealkylation sites (tertiary alicyclic amines) is 1. The third-order valence-electron chi connectivity index (χ3n) is 4.85. The molecule has 112 valence electrons. The van der Waals surface area contributed by atoms with Crippen LogP contribution in [0.2, 0.25) is 0 Å². The molecule has 0 aromatic heterocycles. The molecule has 0 amide bonds. The highest BCUT2D eigenvalue weighted by Gasteiger charge is 2.37. The molecule has 2 rings (SSSR count). The summed E-state index contributed by atoms with van der Waals surface area (Å²) in [5.41, 5.74) is 1.10. The van der Waals surface area contributed by atoms with E-state index in [1.807, 2.05) is 12.1 Å². The summed E-state index contributed by atoms with van der Waals surface area (Å²) >= 11 is 3.46. The first kappa shape index (κ1) is 16.0. The second-order valence-corrected chi connectivity index (χ2v) is 7.02. The summed E-state index contributed by atoms with van der Waals surface area (Å²) in [7, 11) is 0. The van der Waals surface area contributed by atoms with E-state index in [1.54, 1.807) is 0 Å². The van der Waals surface area contributed by atoms with Crippen molar-refractivity contribution in [3.05, 3.63) is 34.3 Å². The van der Waals surface area contributed by atoms with Crippen LogP contribution in [0, 0.1) is 0 Å². The topological polar surface area (TPSA) is 23.5 Å². The molecule has 2 unspecified atom stereocenters. The van der Waals surface area contributed by atoms with Crippen molar-refractivity contribution in [3.8, 4) is 0 Å². The van der Waals surface area contributed by atoms with Gasteiger partial charge in [-0.15, -0.1) is 0 Å². The quantitative estimate of drug-likeness (QED) is 0.876. The Morgan fingerprint density at radius 3 is 2.35 bits per heavy atom. The molecule has 20 heavy (non-hydrogen) atoms. The molecule has 0 aliphatic carbocycles. The number of halogens is 1. The van der Waals surface area contributed by atoms with E-state index in [1.165, 1.54) is 24.8 Å². The Balaban J connectivity index is 2.07. The molecule has 1 aromatic carbocycles. The van der Waals surface area contributed by atoms with Crippen molar-refractivity contribution < 1.29 is 5.11 Å². The maximum absolute atomic E-state index is 10.8. The molecule has 2 atom stereocenters. The number of benzene rings is 1. The molecule has 1 aliphatic heterocycles. The second kappa shape index (κ2) is 7.06. The van der Waals surface area contributed by atoms with Gasteiger partial charge in [0.2, 0.25) is 0 Å². The van der Waals surface area contributed by atoms with Crippen LogP contribution in [-0.4, -0.2) is 34.7 Å². The van der Waals surface area contributed by atoms with E-state index in [0.29, 0.717) is 0 Å². The van der Waals surface area contributed by atoms with E-state index < -0.39 is 0 Å². The maximum atomic E-state index is 10.8. The average molecular weight is 340 g/mol. The number of rotatable bonds is 5. The van der Waals surface area contributed by atoms with Crippen molar-refractivity contribution in [2.45, 2.75) is 57.6 Å². The number of piperidine rings is 1. The van der Waals surface area contributed by atoms with Gasteiger partial charge >= 0.3 is 0 Å². The first-order chi connectivity index (χ1) is 9.56. The monoisotopic (exact) mass is 339 g/mol. The van der Waals surface area contributed by atoms with Gasteiger partial charge in [-0.2, -0.15) is 0 Å². The summed E-state index contributed by atoms with van der Waals surface area (Å²) in [5, 5.41) is 10.8. The van der Waals surface area contributed by atoms with Gasteiger partial charge in [-0.1, -0.05) is 41.4 Å². The second-order valence-electron chi connectivity index (χ2n) is 6.10. The standard InChI is InChI=1S/C17H26BrNO/c1-3-17(2,19-11-5-4-6-12-19)16(20)13-14-7-9-15(18)10-8-14/h7-10,16,20H,3-6,11-13H2,1-2H3. The third-order valence-corrected chi connectivity index (χ3v) is 5.38. The fraction of sp³-hybridized carbons (Fsp3) is 0.647. The van der Waals surface area contributed by atoms with Gasteiger partial charge in [0, 0.05) is 16.4 Å². The van der Waals surface area contributed by atoms with Gasteiger partial charge in [-0.05, 0) is 57.0 Å². The predicted octanol–water partition coefficient (Wildman–Crippen LogP) is 4.01. The van der Waals surface area contributed by atoms with Crippen LogP contribution < -0.4 is 0 Å². The van der Waals surface area contributed by atoms with Crippen molar-refractivity contribution in [3.63, 3.8) is 0 Å². The Morgan fingerprint density at radius 2 is 1.80 bits per heavy atom. The summed E-state index contributed by atoms with van der Waals surface area (Å²) < 4.78 is 1.09.